The van der Waals surface area contributed by atoms with E-state index in [1.165, 1.54) is 38.9 Å². The number of carbonyl (C=O) groups is 1. The maximum atomic E-state index is 11.3. The molecule has 0 saturated heterocycles. The van der Waals surface area contributed by atoms with Crippen LogP contribution in [0, 0.1) is 3.57 Å². The van der Waals surface area contributed by atoms with Gasteiger partial charge in [0.2, 0.25) is 0 Å². The van der Waals surface area contributed by atoms with Gasteiger partial charge >= 0.3 is 5.97 Å². The van der Waals surface area contributed by atoms with Crippen LogP contribution < -0.4 is 9.47 Å². The molecule has 0 fully saturated rings. The minimum Gasteiger partial charge on any atom is -0.497 e. The van der Waals surface area contributed by atoms with Gasteiger partial charge in [-0.05, 0) is 41.1 Å². The summed E-state index contributed by atoms with van der Waals surface area (Å²) >= 11 is 2.08. The first-order valence-corrected chi connectivity index (χ1v) is 8.41. The largest absolute Gasteiger partial charge is 0.497 e. The van der Waals surface area contributed by atoms with Crippen molar-refractivity contribution in [1.82, 2.24) is 0 Å². The number of carboxylic acid groups (broad SMARTS) is 1. The van der Waals surface area contributed by atoms with E-state index in [1.54, 1.807) is 6.07 Å². The van der Waals surface area contributed by atoms with E-state index >= 15 is 0 Å². The Labute approximate surface area is 140 Å². The van der Waals surface area contributed by atoms with Crippen LogP contribution in [0.2, 0.25) is 0 Å². The molecular formula is C16H23IO4. The summed E-state index contributed by atoms with van der Waals surface area (Å²) in [5, 5.41) is 9.27. The van der Waals surface area contributed by atoms with Gasteiger partial charge in [-0.2, -0.15) is 0 Å². The van der Waals surface area contributed by atoms with Crippen molar-refractivity contribution in [2.75, 3.05) is 13.7 Å². The normalized spacial score (nSPS) is 10.4. The van der Waals surface area contributed by atoms with Crippen molar-refractivity contribution >= 4 is 28.6 Å². The van der Waals surface area contributed by atoms with E-state index in [4.69, 9.17) is 9.47 Å². The van der Waals surface area contributed by atoms with E-state index in [0.717, 1.165) is 16.4 Å². The molecule has 0 aliphatic heterocycles. The van der Waals surface area contributed by atoms with E-state index in [2.05, 4.69) is 29.5 Å². The van der Waals surface area contributed by atoms with Crippen LogP contribution in [0.5, 0.6) is 11.5 Å². The van der Waals surface area contributed by atoms with E-state index < -0.39 is 5.97 Å². The molecule has 0 atom stereocenters. The van der Waals surface area contributed by atoms with Gasteiger partial charge < -0.3 is 14.6 Å². The zero-order chi connectivity index (χ0) is 15.7. The van der Waals surface area contributed by atoms with Crippen molar-refractivity contribution in [2.45, 2.75) is 45.4 Å². The van der Waals surface area contributed by atoms with Gasteiger partial charge in [0.25, 0.3) is 0 Å². The third kappa shape index (κ3) is 6.11. The van der Waals surface area contributed by atoms with Crippen molar-refractivity contribution < 1.29 is 19.4 Å². The maximum Gasteiger partial charge on any atom is 0.339 e. The molecule has 0 heterocycles. The van der Waals surface area contributed by atoms with Crippen LogP contribution in [-0.2, 0) is 0 Å². The van der Waals surface area contributed by atoms with Gasteiger partial charge in [0.1, 0.15) is 17.1 Å². The zero-order valence-corrected chi connectivity index (χ0v) is 14.8. The van der Waals surface area contributed by atoms with E-state index in [-0.39, 0.29) is 5.56 Å². The third-order valence-electron chi connectivity index (χ3n) is 3.23. The molecule has 118 valence electrons. The molecule has 0 aliphatic rings. The molecule has 0 bridgehead atoms. The van der Waals surface area contributed by atoms with Gasteiger partial charge in [-0.3, -0.25) is 0 Å². The summed E-state index contributed by atoms with van der Waals surface area (Å²) in [7, 11) is 1.52. The number of hydrogen-bond donors (Lipinski definition) is 1. The molecule has 1 rings (SSSR count). The summed E-state index contributed by atoms with van der Waals surface area (Å²) in [6.07, 6.45) is 7.06. The summed E-state index contributed by atoms with van der Waals surface area (Å²) in [5.41, 5.74) is 0.157. The second kappa shape index (κ2) is 9.87. The zero-order valence-electron chi connectivity index (χ0n) is 12.7. The molecule has 4 nitrogen and oxygen atoms in total. The lowest BCUT2D eigenvalue weighted by atomic mass is 10.1. The van der Waals surface area contributed by atoms with Gasteiger partial charge in [0.05, 0.1) is 17.3 Å². The molecule has 0 aromatic heterocycles. The predicted octanol–water partition coefficient (Wildman–Crippen LogP) is 4.74. The summed E-state index contributed by atoms with van der Waals surface area (Å²) in [5.74, 6) is -0.0223. The second-order valence-electron chi connectivity index (χ2n) is 4.91. The maximum absolute atomic E-state index is 11.3. The Morgan fingerprint density at radius 2 is 1.86 bits per heavy atom. The first kappa shape index (κ1) is 18.1. The van der Waals surface area contributed by atoms with Crippen LogP contribution in [0.3, 0.4) is 0 Å². The SMILES string of the molecule is CCCCCCCCOc1c(I)cc(OC)cc1C(=O)O. The highest BCUT2D eigenvalue weighted by Crippen LogP contribution is 2.31. The number of hydrogen-bond acceptors (Lipinski definition) is 3. The molecule has 21 heavy (non-hydrogen) atoms. The number of carboxylic acids is 1. The van der Waals surface area contributed by atoms with Gasteiger partial charge in [0.15, 0.2) is 0 Å². The van der Waals surface area contributed by atoms with Crippen LogP contribution in [0.4, 0.5) is 0 Å². The number of ether oxygens (including phenoxy) is 2. The first-order valence-electron chi connectivity index (χ1n) is 7.33. The molecule has 0 radical (unpaired) electrons. The number of methoxy groups -OCH3 is 1. The fraction of sp³-hybridized carbons (Fsp3) is 0.562. The van der Waals surface area contributed by atoms with E-state index in [0.29, 0.717) is 18.1 Å². The molecule has 0 unspecified atom stereocenters. The topological polar surface area (TPSA) is 55.8 Å². The molecule has 0 aliphatic carbocycles. The molecule has 0 spiro atoms. The van der Waals surface area contributed by atoms with Crippen molar-refractivity contribution in [2.24, 2.45) is 0 Å². The molecule has 1 aromatic rings. The number of aromatic carboxylic acids is 1. The Bertz CT molecular complexity index is 460. The number of benzene rings is 1. The summed E-state index contributed by atoms with van der Waals surface area (Å²) < 4.78 is 11.5. The summed E-state index contributed by atoms with van der Waals surface area (Å²) in [6.45, 7) is 2.75. The summed E-state index contributed by atoms with van der Waals surface area (Å²) in [4.78, 5) is 11.3. The number of halogens is 1. The number of unbranched alkanes of at least 4 members (excludes halogenated alkanes) is 5. The highest BCUT2D eigenvalue weighted by atomic mass is 127. The Morgan fingerprint density at radius 1 is 1.19 bits per heavy atom. The average molecular weight is 406 g/mol. The highest BCUT2D eigenvalue weighted by molar-refractivity contribution is 14.1. The fourth-order valence-corrected chi connectivity index (χ4v) is 2.80. The average Bonchev–Trinajstić information content (AvgIpc) is 2.46. The lowest BCUT2D eigenvalue weighted by Crippen LogP contribution is -2.07. The van der Waals surface area contributed by atoms with Crippen molar-refractivity contribution in [3.8, 4) is 11.5 Å². The molecule has 0 saturated carbocycles. The van der Waals surface area contributed by atoms with Crippen molar-refractivity contribution in [3.63, 3.8) is 0 Å². The van der Waals surface area contributed by atoms with Crippen molar-refractivity contribution in [1.29, 1.82) is 0 Å². The minimum atomic E-state index is -0.996. The number of rotatable bonds is 10. The van der Waals surface area contributed by atoms with Gasteiger partial charge in [-0.1, -0.05) is 39.0 Å². The molecular weight excluding hydrogens is 383 g/mol. The molecule has 0 amide bonds. The molecule has 1 aromatic carbocycles. The monoisotopic (exact) mass is 406 g/mol. The lowest BCUT2D eigenvalue weighted by molar-refractivity contribution is 0.0691. The van der Waals surface area contributed by atoms with Gasteiger partial charge in [0, 0.05) is 0 Å². The first-order chi connectivity index (χ1) is 10.1. The van der Waals surface area contributed by atoms with Crippen LogP contribution in [0.15, 0.2) is 12.1 Å². The van der Waals surface area contributed by atoms with E-state index in [1.807, 2.05) is 0 Å². The van der Waals surface area contributed by atoms with Crippen LogP contribution in [-0.4, -0.2) is 24.8 Å². The van der Waals surface area contributed by atoms with E-state index in [9.17, 15) is 9.90 Å². The minimum absolute atomic E-state index is 0.157. The van der Waals surface area contributed by atoms with Gasteiger partial charge in [-0.25, -0.2) is 4.79 Å². The van der Waals surface area contributed by atoms with Crippen LogP contribution >= 0.6 is 22.6 Å². The summed E-state index contributed by atoms with van der Waals surface area (Å²) in [6, 6.07) is 3.28. The Kier molecular flexibility index (Phi) is 8.49. The quantitative estimate of drug-likeness (QED) is 0.451. The van der Waals surface area contributed by atoms with Crippen molar-refractivity contribution in [3.05, 3.63) is 21.3 Å². The standard InChI is InChI=1S/C16H23IO4/c1-3-4-5-6-7-8-9-21-15-13(16(18)19)10-12(20-2)11-14(15)17/h10-11H,3-9H2,1-2H3,(H,18,19). The van der Waals surface area contributed by atoms with Gasteiger partial charge in [-0.15, -0.1) is 0 Å². The second-order valence-corrected chi connectivity index (χ2v) is 6.07. The van der Waals surface area contributed by atoms with Crippen LogP contribution in [0.1, 0.15) is 55.8 Å². The highest BCUT2D eigenvalue weighted by Gasteiger charge is 2.17. The molecule has 5 heteroatoms. The Morgan fingerprint density at radius 3 is 2.48 bits per heavy atom. The van der Waals surface area contributed by atoms with Crippen LogP contribution in [0.25, 0.3) is 0 Å². The lowest BCUT2D eigenvalue weighted by Gasteiger charge is -2.13. The Hall–Kier alpha value is -0.980. The predicted molar refractivity (Wildman–Crippen MR) is 91.5 cm³/mol. The molecule has 1 N–H and O–H groups in total. The third-order valence-corrected chi connectivity index (χ3v) is 4.03. The Balaban J connectivity index is 2.56. The fourth-order valence-electron chi connectivity index (χ4n) is 2.05. The smallest absolute Gasteiger partial charge is 0.339 e.